The van der Waals surface area contributed by atoms with Crippen LogP contribution in [-0.4, -0.2) is 41.8 Å². The molecule has 1 aliphatic rings. The first-order chi connectivity index (χ1) is 9.47. The van der Waals surface area contributed by atoms with E-state index in [0.29, 0.717) is 17.4 Å². The van der Waals surface area contributed by atoms with Crippen molar-refractivity contribution in [3.63, 3.8) is 0 Å². The minimum atomic E-state index is -3.43. The molecule has 0 aliphatic carbocycles. The van der Waals surface area contributed by atoms with Crippen LogP contribution in [0.2, 0.25) is 0 Å². The maximum atomic E-state index is 12.3. The summed E-state index contributed by atoms with van der Waals surface area (Å²) >= 11 is 4.50. The van der Waals surface area contributed by atoms with Crippen LogP contribution in [0, 0.1) is 5.41 Å². The molecule has 122 valence electrons. The van der Waals surface area contributed by atoms with E-state index in [1.54, 1.807) is 19.2 Å². The van der Waals surface area contributed by atoms with Crippen molar-refractivity contribution in [3.8, 4) is 0 Å². The van der Waals surface area contributed by atoms with Gasteiger partial charge in [0.15, 0.2) is 0 Å². The van der Waals surface area contributed by atoms with Gasteiger partial charge in [-0.3, -0.25) is 0 Å². The van der Waals surface area contributed by atoms with Crippen LogP contribution in [-0.2, 0) is 14.8 Å². The number of ether oxygens (including phenoxy) is 1. The van der Waals surface area contributed by atoms with Gasteiger partial charge in [-0.25, -0.2) is 13.1 Å². The highest BCUT2D eigenvalue weighted by Gasteiger charge is 2.33. The molecule has 2 heterocycles. The molecule has 0 radical (unpaired) electrons. The topological polar surface area (TPSA) is 67.4 Å². The summed E-state index contributed by atoms with van der Waals surface area (Å²) in [4.78, 5) is 0. The van der Waals surface area contributed by atoms with Gasteiger partial charge < -0.3 is 10.1 Å². The first-order valence-corrected chi connectivity index (χ1v) is 9.51. The van der Waals surface area contributed by atoms with Crippen molar-refractivity contribution in [2.24, 2.45) is 5.41 Å². The number of nitrogens with one attached hydrogen (secondary N) is 2. The number of rotatable bonds is 6. The molecule has 0 atom stereocenters. The smallest absolute Gasteiger partial charge is 0.250 e. The predicted octanol–water partition coefficient (Wildman–Crippen LogP) is 2.23. The molecule has 0 aromatic carbocycles. The summed E-state index contributed by atoms with van der Waals surface area (Å²) in [5, 5.41) is 3.29. The van der Waals surface area contributed by atoms with E-state index in [4.69, 9.17) is 4.74 Å². The molecule has 1 saturated heterocycles. The lowest BCUT2D eigenvalue weighted by molar-refractivity contribution is 0.0577. The summed E-state index contributed by atoms with van der Waals surface area (Å²) in [7, 11) is -1.77. The van der Waals surface area contributed by atoms with Gasteiger partial charge in [-0.2, -0.15) is 0 Å². The van der Waals surface area contributed by atoms with Crippen molar-refractivity contribution in [2.75, 3.05) is 33.4 Å². The van der Waals surface area contributed by atoms with Gasteiger partial charge in [0.2, 0.25) is 10.0 Å². The van der Waals surface area contributed by atoms with Gasteiger partial charge in [-0.15, -0.1) is 23.7 Å². The molecule has 2 N–H and O–H groups in total. The Hall–Kier alpha value is 0.300. The summed E-state index contributed by atoms with van der Waals surface area (Å²) in [6.45, 7) is 2.79. The van der Waals surface area contributed by atoms with Crippen LogP contribution in [0.3, 0.4) is 0 Å². The molecule has 1 aromatic rings. The van der Waals surface area contributed by atoms with Crippen LogP contribution in [0.15, 0.2) is 20.1 Å². The lowest BCUT2D eigenvalue weighted by Gasteiger charge is -2.37. The SMILES string of the molecule is COCC1(CNS(=O)(=O)c2ccc(Br)s2)CCNCC1.Cl. The molecule has 9 heteroatoms. The number of piperidine rings is 1. The average molecular weight is 420 g/mol. The number of halogens is 2. The molecule has 0 amide bonds. The van der Waals surface area contributed by atoms with E-state index in [1.807, 2.05) is 0 Å². The maximum Gasteiger partial charge on any atom is 0.250 e. The molecule has 0 spiro atoms. The molecule has 0 bridgehead atoms. The predicted molar refractivity (Wildman–Crippen MR) is 90.9 cm³/mol. The van der Waals surface area contributed by atoms with Gasteiger partial charge in [-0.05, 0) is 54.0 Å². The maximum absolute atomic E-state index is 12.3. The van der Waals surface area contributed by atoms with E-state index >= 15 is 0 Å². The van der Waals surface area contributed by atoms with E-state index in [-0.39, 0.29) is 17.8 Å². The summed E-state index contributed by atoms with van der Waals surface area (Å²) < 4.78 is 33.7. The number of thiophene rings is 1. The highest BCUT2D eigenvalue weighted by atomic mass is 79.9. The number of sulfonamides is 1. The van der Waals surface area contributed by atoms with Crippen LogP contribution in [0.1, 0.15) is 12.8 Å². The monoisotopic (exact) mass is 418 g/mol. The van der Waals surface area contributed by atoms with Crippen molar-refractivity contribution in [2.45, 2.75) is 17.1 Å². The first-order valence-electron chi connectivity index (χ1n) is 6.42. The molecular formula is C12H20BrClN2O3S2. The lowest BCUT2D eigenvalue weighted by Crippen LogP contribution is -2.47. The second-order valence-corrected chi connectivity index (χ2v) is 9.52. The van der Waals surface area contributed by atoms with Crippen LogP contribution >= 0.6 is 39.7 Å². The fraction of sp³-hybridized carbons (Fsp3) is 0.667. The van der Waals surface area contributed by atoms with Gasteiger partial charge in [0.25, 0.3) is 0 Å². The minimum Gasteiger partial charge on any atom is -0.384 e. The zero-order valence-corrected chi connectivity index (χ0v) is 15.8. The fourth-order valence-corrected chi connectivity index (χ4v) is 5.61. The summed E-state index contributed by atoms with van der Waals surface area (Å²) in [6.07, 6.45) is 1.83. The zero-order valence-electron chi connectivity index (χ0n) is 11.7. The van der Waals surface area contributed by atoms with E-state index in [1.165, 1.54) is 11.3 Å². The van der Waals surface area contributed by atoms with Crippen molar-refractivity contribution >= 4 is 49.7 Å². The van der Waals surface area contributed by atoms with Gasteiger partial charge in [-0.1, -0.05) is 0 Å². The molecule has 0 unspecified atom stereocenters. The van der Waals surface area contributed by atoms with Crippen LogP contribution in [0.4, 0.5) is 0 Å². The van der Waals surface area contributed by atoms with Gasteiger partial charge in [0, 0.05) is 19.1 Å². The van der Waals surface area contributed by atoms with Crippen LogP contribution < -0.4 is 10.0 Å². The Labute approximate surface area is 144 Å². The Morgan fingerprint density at radius 1 is 1.43 bits per heavy atom. The second-order valence-electron chi connectivity index (χ2n) is 5.07. The molecule has 0 saturated carbocycles. The number of hydrogen-bond donors (Lipinski definition) is 2. The minimum absolute atomic E-state index is 0. The quantitative estimate of drug-likeness (QED) is 0.742. The Morgan fingerprint density at radius 3 is 2.62 bits per heavy atom. The molecule has 21 heavy (non-hydrogen) atoms. The first kappa shape index (κ1) is 19.3. The summed E-state index contributed by atoms with van der Waals surface area (Å²) in [6, 6.07) is 3.36. The fourth-order valence-electron chi connectivity index (χ4n) is 2.40. The highest BCUT2D eigenvalue weighted by molar-refractivity contribution is 9.11. The van der Waals surface area contributed by atoms with Gasteiger partial charge >= 0.3 is 0 Å². The molecule has 1 aromatic heterocycles. The molecule has 1 aliphatic heterocycles. The third-order valence-electron chi connectivity index (χ3n) is 3.57. The van der Waals surface area contributed by atoms with E-state index in [0.717, 1.165) is 29.7 Å². The Bertz CT molecular complexity index is 539. The largest absolute Gasteiger partial charge is 0.384 e. The van der Waals surface area contributed by atoms with E-state index in [9.17, 15) is 8.42 Å². The molecular weight excluding hydrogens is 400 g/mol. The average Bonchev–Trinajstić information content (AvgIpc) is 2.86. The molecule has 5 nitrogen and oxygen atoms in total. The van der Waals surface area contributed by atoms with E-state index < -0.39 is 10.0 Å². The summed E-state index contributed by atoms with van der Waals surface area (Å²) in [5.74, 6) is 0. The summed E-state index contributed by atoms with van der Waals surface area (Å²) in [5.41, 5.74) is -0.110. The third-order valence-corrected chi connectivity index (χ3v) is 7.08. The Morgan fingerprint density at radius 2 is 2.10 bits per heavy atom. The second kappa shape index (κ2) is 8.24. The van der Waals surface area contributed by atoms with Crippen molar-refractivity contribution < 1.29 is 13.2 Å². The van der Waals surface area contributed by atoms with Crippen LogP contribution in [0.25, 0.3) is 0 Å². The Balaban J connectivity index is 0.00000220. The van der Waals surface area contributed by atoms with E-state index in [2.05, 4.69) is 26.0 Å². The molecule has 2 rings (SSSR count). The number of methoxy groups -OCH3 is 1. The van der Waals surface area contributed by atoms with Crippen molar-refractivity contribution in [3.05, 3.63) is 15.9 Å². The number of hydrogen-bond acceptors (Lipinski definition) is 5. The Kier molecular flexibility index (Phi) is 7.59. The standard InChI is InChI=1S/C12H19BrN2O3S2.ClH/c1-18-9-12(4-6-14-7-5-12)8-15-20(16,17)11-3-2-10(13)19-11;/h2-3,14-15H,4-9H2,1H3;1H. The zero-order chi connectivity index (χ0) is 14.6. The van der Waals surface area contributed by atoms with Crippen LogP contribution in [0.5, 0.6) is 0 Å². The van der Waals surface area contributed by atoms with Gasteiger partial charge in [0.05, 0.1) is 10.4 Å². The normalized spacial score (nSPS) is 18.2. The third kappa shape index (κ3) is 5.16. The van der Waals surface area contributed by atoms with Crippen molar-refractivity contribution in [1.29, 1.82) is 0 Å². The van der Waals surface area contributed by atoms with Gasteiger partial charge in [0.1, 0.15) is 4.21 Å². The molecule has 1 fully saturated rings. The highest BCUT2D eigenvalue weighted by Crippen LogP contribution is 2.30. The van der Waals surface area contributed by atoms with Crippen molar-refractivity contribution in [1.82, 2.24) is 10.0 Å². The lowest BCUT2D eigenvalue weighted by atomic mass is 9.80.